The number of rotatable bonds is 6. The van der Waals surface area contributed by atoms with E-state index in [0.29, 0.717) is 6.54 Å². The number of urea groups is 1. The molecule has 0 fully saturated rings. The second kappa shape index (κ2) is 8.46. The van der Waals surface area contributed by atoms with Gasteiger partial charge in [-0.1, -0.05) is 6.92 Å². The van der Waals surface area contributed by atoms with Crippen LogP contribution in [-0.4, -0.2) is 35.1 Å². The number of hydrogen-bond acceptors (Lipinski definition) is 4. The molecule has 25 heavy (non-hydrogen) atoms. The average molecular weight is 342 g/mol. The summed E-state index contributed by atoms with van der Waals surface area (Å²) in [6.07, 6.45) is 6.08. The van der Waals surface area contributed by atoms with E-state index >= 15 is 0 Å². The summed E-state index contributed by atoms with van der Waals surface area (Å²) in [6.45, 7) is 6.33. The molecule has 0 aromatic carbocycles. The zero-order valence-electron chi connectivity index (χ0n) is 15.5. The molecule has 0 saturated heterocycles. The molecule has 0 bridgehead atoms. The van der Waals surface area contributed by atoms with Gasteiger partial charge in [-0.3, -0.25) is 9.97 Å². The van der Waals surface area contributed by atoms with Gasteiger partial charge in [-0.25, -0.2) is 4.79 Å². The molecule has 134 valence electrons. The molecule has 1 N–H and O–H groups in total. The Morgan fingerprint density at radius 1 is 1.32 bits per heavy atom. The monoisotopic (exact) mass is 342 g/mol. The molecule has 2 heterocycles. The summed E-state index contributed by atoms with van der Waals surface area (Å²) >= 11 is 0. The number of carbonyl (C=O) groups excluding carboxylic acids is 1. The molecule has 0 aliphatic carbocycles. The molecule has 0 saturated carbocycles. The smallest absolute Gasteiger partial charge is 0.317 e. The molecule has 0 unspecified atom stereocenters. The Labute approximate surface area is 149 Å². The van der Waals surface area contributed by atoms with Gasteiger partial charge in [0, 0.05) is 36.8 Å². The standard InChI is InChI=1S/C19H26N4O2/c1-6-17(15-7-9-20-10-8-15)23(4)19(24)22-12-16-14(3)18(25-5)13(2)11-21-16/h7-11,17H,6,12H2,1-5H3,(H,22,24)/t17-/m1/s1. The summed E-state index contributed by atoms with van der Waals surface area (Å²) in [7, 11) is 3.45. The lowest BCUT2D eigenvalue weighted by Crippen LogP contribution is -2.39. The Morgan fingerprint density at radius 2 is 2.00 bits per heavy atom. The zero-order chi connectivity index (χ0) is 18.4. The van der Waals surface area contributed by atoms with E-state index in [-0.39, 0.29) is 12.1 Å². The number of aromatic nitrogens is 2. The highest BCUT2D eigenvalue weighted by Crippen LogP contribution is 2.24. The molecule has 0 spiro atoms. The molecule has 2 aromatic heterocycles. The fraction of sp³-hybridized carbons (Fsp3) is 0.421. The Bertz CT molecular complexity index is 719. The minimum Gasteiger partial charge on any atom is -0.496 e. The number of pyridine rings is 2. The molecule has 6 heteroatoms. The maximum atomic E-state index is 12.6. The first-order valence-corrected chi connectivity index (χ1v) is 8.39. The molecule has 2 amide bonds. The van der Waals surface area contributed by atoms with Crippen molar-refractivity contribution in [1.29, 1.82) is 0 Å². The molecule has 1 atom stereocenters. The Morgan fingerprint density at radius 3 is 2.60 bits per heavy atom. The maximum Gasteiger partial charge on any atom is 0.317 e. The first-order valence-electron chi connectivity index (χ1n) is 8.39. The van der Waals surface area contributed by atoms with Crippen LogP contribution < -0.4 is 10.1 Å². The fourth-order valence-electron chi connectivity index (χ4n) is 2.99. The van der Waals surface area contributed by atoms with Crippen LogP contribution in [0.25, 0.3) is 0 Å². The van der Waals surface area contributed by atoms with Crippen molar-refractivity contribution >= 4 is 6.03 Å². The topological polar surface area (TPSA) is 67.4 Å². The third-order valence-electron chi connectivity index (χ3n) is 4.42. The van der Waals surface area contributed by atoms with Crippen molar-refractivity contribution in [3.05, 3.63) is 53.1 Å². The van der Waals surface area contributed by atoms with Gasteiger partial charge < -0.3 is 15.0 Å². The van der Waals surface area contributed by atoms with E-state index in [9.17, 15) is 4.79 Å². The summed E-state index contributed by atoms with van der Waals surface area (Å²) in [5.41, 5.74) is 3.81. The van der Waals surface area contributed by atoms with Crippen molar-refractivity contribution in [2.24, 2.45) is 0 Å². The number of hydrogen-bond donors (Lipinski definition) is 1. The van der Waals surface area contributed by atoms with E-state index in [2.05, 4.69) is 22.2 Å². The highest BCUT2D eigenvalue weighted by Gasteiger charge is 2.20. The third-order valence-corrected chi connectivity index (χ3v) is 4.42. The van der Waals surface area contributed by atoms with E-state index in [1.54, 1.807) is 37.6 Å². The van der Waals surface area contributed by atoms with Crippen LogP contribution in [0.3, 0.4) is 0 Å². The van der Waals surface area contributed by atoms with Crippen LogP contribution >= 0.6 is 0 Å². The minimum absolute atomic E-state index is 0.00427. The second-order valence-electron chi connectivity index (χ2n) is 6.02. The van der Waals surface area contributed by atoms with Gasteiger partial charge in [-0.15, -0.1) is 0 Å². The lowest BCUT2D eigenvalue weighted by atomic mass is 10.1. The summed E-state index contributed by atoms with van der Waals surface area (Å²) in [4.78, 5) is 22.7. The van der Waals surface area contributed by atoms with Crippen molar-refractivity contribution in [3.63, 3.8) is 0 Å². The molecule has 2 rings (SSSR count). The highest BCUT2D eigenvalue weighted by atomic mass is 16.5. The van der Waals surface area contributed by atoms with E-state index in [4.69, 9.17) is 4.74 Å². The van der Waals surface area contributed by atoms with Crippen LogP contribution in [0.2, 0.25) is 0 Å². The van der Waals surface area contributed by atoms with Crippen LogP contribution in [-0.2, 0) is 6.54 Å². The quantitative estimate of drug-likeness (QED) is 0.874. The van der Waals surface area contributed by atoms with Crippen LogP contribution in [0, 0.1) is 13.8 Å². The first kappa shape index (κ1) is 18.7. The molecule has 6 nitrogen and oxygen atoms in total. The van der Waals surface area contributed by atoms with Crippen molar-refractivity contribution < 1.29 is 9.53 Å². The maximum absolute atomic E-state index is 12.6. The lowest BCUT2D eigenvalue weighted by Gasteiger charge is -2.28. The summed E-state index contributed by atoms with van der Waals surface area (Å²) in [6, 6.07) is 3.75. The largest absolute Gasteiger partial charge is 0.496 e. The van der Waals surface area contributed by atoms with Gasteiger partial charge >= 0.3 is 6.03 Å². The number of amides is 2. The van der Waals surface area contributed by atoms with Gasteiger partial charge in [0.05, 0.1) is 25.4 Å². The van der Waals surface area contributed by atoms with Crippen molar-refractivity contribution in [3.8, 4) is 5.75 Å². The number of nitrogens with one attached hydrogen (secondary N) is 1. The predicted molar refractivity (Wildman–Crippen MR) is 97.5 cm³/mol. The van der Waals surface area contributed by atoms with Crippen molar-refractivity contribution in [2.75, 3.05) is 14.2 Å². The Balaban J connectivity index is 2.07. The minimum atomic E-state index is -0.135. The normalized spacial score (nSPS) is 11.7. The van der Waals surface area contributed by atoms with Crippen LogP contribution in [0.5, 0.6) is 5.75 Å². The van der Waals surface area contributed by atoms with Gasteiger partial charge in [0.2, 0.25) is 0 Å². The van der Waals surface area contributed by atoms with Crippen LogP contribution in [0.1, 0.15) is 41.8 Å². The number of carbonyl (C=O) groups is 1. The van der Waals surface area contributed by atoms with E-state index in [0.717, 1.165) is 34.6 Å². The zero-order valence-corrected chi connectivity index (χ0v) is 15.5. The first-order chi connectivity index (χ1) is 12.0. The van der Waals surface area contributed by atoms with Crippen LogP contribution in [0.4, 0.5) is 4.79 Å². The summed E-state index contributed by atoms with van der Waals surface area (Å²) in [5.74, 6) is 0.816. The van der Waals surface area contributed by atoms with Crippen molar-refractivity contribution in [1.82, 2.24) is 20.2 Å². The van der Waals surface area contributed by atoms with Gasteiger partial charge in [0.25, 0.3) is 0 Å². The molecule has 2 aromatic rings. The highest BCUT2D eigenvalue weighted by molar-refractivity contribution is 5.74. The number of aryl methyl sites for hydroxylation is 1. The van der Waals surface area contributed by atoms with E-state index < -0.39 is 0 Å². The Hall–Kier alpha value is -2.63. The van der Waals surface area contributed by atoms with Gasteiger partial charge in [0.1, 0.15) is 5.75 Å². The third kappa shape index (κ3) is 4.26. The summed E-state index contributed by atoms with van der Waals surface area (Å²) < 4.78 is 5.42. The molecule has 0 aliphatic heterocycles. The molecule has 0 aliphatic rings. The van der Waals surface area contributed by atoms with E-state index in [1.165, 1.54) is 0 Å². The van der Waals surface area contributed by atoms with Gasteiger partial charge in [0.15, 0.2) is 0 Å². The SMILES string of the molecule is CC[C@H](c1ccncc1)N(C)C(=O)NCc1ncc(C)c(OC)c1C. The molecular formula is C19H26N4O2. The van der Waals surface area contributed by atoms with Gasteiger partial charge in [-0.2, -0.15) is 0 Å². The second-order valence-corrected chi connectivity index (χ2v) is 6.02. The Kier molecular flexibility index (Phi) is 6.33. The number of ether oxygens (including phenoxy) is 1. The predicted octanol–water partition coefficient (Wildman–Crippen LogP) is 3.39. The number of nitrogens with zero attached hydrogens (tertiary/aromatic N) is 3. The number of methoxy groups -OCH3 is 1. The van der Waals surface area contributed by atoms with Crippen LogP contribution in [0.15, 0.2) is 30.7 Å². The summed E-state index contributed by atoms with van der Waals surface area (Å²) in [5, 5.41) is 2.95. The lowest BCUT2D eigenvalue weighted by molar-refractivity contribution is 0.188. The molecular weight excluding hydrogens is 316 g/mol. The van der Waals surface area contributed by atoms with Crippen molar-refractivity contribution in [2.45, 2.75) is 39.8 Å². The van der Waals surface area contributed by atoms with E-state index in [1.807, 2.05) is 26.0 Å². The van der Waals surface area contributed by atoms with Gasteiger partial charge in [-0.05, 0) is 38.0 Å². The average Bonchev–Trinajstić information content (AvgIpc) is 2.62. The fourth-order valence-corrected chi connectivity index (χ4v) is 2.99. The molecule has 0 radical (unpaired) electrons.